The third-order valence-corrected chi connectivity index (χ3v) is 5.57. The lowest BCUT2D eigenvalue weighted by Crippen LogP contribution is -2.39. The summed E-state index contributed by atoms with van der Waals surface area (Å²) in [5.41, 5.74) is 1.87. The van der Waals surface area contributed by atoms with Crippen LogP contribution in [-0.2, 0) is 4.79 Å². The Morgan fingerprint density at radius 1 is 1.10 bits per heavy atom. The van der Waals surface area contributed by atoms with Crippen molar-refractivity contribution in [1.82, 2.24) is 4.90 Å². The molecule has 0 spiro atoms. The zero-order chi connectivity index (χ0) is 20.5. The second-order valence-corrected chi connectivity index (χ2v) is 7.95. The van der Waals surface area contributed by atoms with Crippen molar-refractivity contribution >= 4 is 45.0 Å². The van der Waals surface area contributed by atoms with E-state index in [-0.39, 0.29) is 23.0 Å². The number of anilines is 1. The summed E-state index contributed by atoms with van der Waals surface area (Å²) in [5.74, 6) is -1.74. The molecular weight excluding hydrogens is 459 g/mol. The highest BCUT2D eigenvalue weighted by atomic mass is 79.9. The van der Waals surface area contributed by atoms with Gasteiger partial charge < -0.3 is 10.2 Å². The fourth-order valence-corrected chi connectivity index (χ4v) is 4.13. The van der Waals surface area contributed by atoms with Crippen LogP contribution in [0, 0.1) is 5.82 Å². The highest BCUT2D eigenvalue weighted by molar-refractivity contribution is 9.10. The highest BCUT2D eigenvalue weighted by Crippen LogP contribution is 2.38. The number of hydrogen-bond donors (Lipinski definition) is 1. The second kappa shape index (κ2) is 7.97. The van der Waals surface area contributed by atoms with E-state index in [0.29, 0.717) is 5.69 Å². The van der Waals surface area contributed by atoms with Crippen molar-refractivity contribution in [2.45, 2.75) is 6.04 Å². The first kappa shape index (κ1) is 19.6. The third kappa shape index (κ3) is 3.78. The summed E-state index contributed by atoms with van der Waals surface area (Å²) in [6, 6.07) is 18.2. The molecule has 0 unspecified atom stereocenters. The maximum Gasteiger partial charge on any atom is 0.259 e. The Labute approximate surface area is 180 Å². The molecule has 1 heterocycles. The molecule has 4 rings (SSSR count). The van der Waals surface area contributed by atoms with Gasteiger partial charge in [-0.05, 0) is 35.9 Å². The molecule has 3 aromatic carbocycles. The number of amides is 2. The smallest absolute Gasteiger partial charge is 0.259 e. The average Bonchev–Trinajstić information content (AvgIpc) is 2.84. The van der Waals surface area contributed by atoms with E-state index in [9.17, 15) is 14.0 Å². The van der Waals surface area contributed by atoms with E-state index < -0.39 is 17.8 Å². The van der Waals surface area contributed by atoms with Crippen LogP contribution in [0.15, 0.2) is 71.2 Å². The second-order valence-electron chi connectivity index (χ2n) is 6.62. The van der Waals surface area contributed by atoms with Crippen LogP contribution in [0.5, 0.6) is 0 Å². The average molecular weight is 474 g/mol. The minimum Gasteiger partial charge on any atom is -0.324 e. The van der Waals surface area contributed by atoms with E-state index in [1.54, 1.807) is 6.07 Å². The molecule has 2 amide bonds. The Morgan fingerprint density at radius 2 is 1.86 bits per heavy atom. The molecular formula is C22H15BrClFN2O2. The molecule has 1 N–H and O–H groups in total. The van der Waals surface area contributed by atoms with E-state index in [4.69, 9.17) is 11.6 Å². The van der Waals surface area contributed by atoms with Gasteiger partial charge in [-0.25, -0.2) is 4.39 Å². The lowest BCUT2D eigenvalue weighted by Gasteiger charge is -2.31. The first-order valence-corrected chi connectivity index (χ1v) is 10.0. The van der Waals surface area contributed by atoms with Crippen LogP contribution in [0.2, 0.25) is 5.02 Å². The van der Waals surface area contributed by atoms with Gasteiger partial charge in [0, 0.05) is 15.7 Å². The zero-order valence-corrected chi connectivity index (χ0v) is 17.4. The van der Waals surface area contributed by atoms with Crippen LogP contribution < -0.4 is 5.32 Å². The molecule has 1 atom stereocenters. The molecule has 29 heavy (non-hydrogen) atoms. The van der Waals surface area contributed by atoms with Crippen molar-refractivity contribution in [1.29, 1.82) is 0 Å². The standard InChI is InChI=1S/C22H15BrClFN2O2/c23-14-9-10-18-15(11-14)21(13-5-2-1-3-6-13)27(12-19(28)26-18)22(29)20-16(24)7-4-8-17(20)25/h1-11,21H,12H2,(H,26,28)/t21-/m0/s1. The van der Waals surface area contributed by atoms with Gasteiger partial charge in [-0.15, -0.1) is 0 Å². The van der Waals surface area contributed by atoms with Gasteiger partial charge >= 0.3 is 0 Å². The maximum atomic E-state index is 14.5. The molecule has 4 nitrogen and oxygen atoms in total. The molecule has 7 heteroatoms. The minimum atomic E-state index is -0.728. The van der Waals surface area contributed by atoms with Crippen LogP contribution in [0.4, 0.5) is 10.1 Å². The molecule has 3 aromatic rings. The number of benzene rings is 3. The van der Waals surface area contributed by atoms with Crippen molar-refractivity contribution in [3.05, 3.63) is 98.7 Å². The van der Waals surface area contributed by atoms with Crippen molar-refractivity contribution in [3.8, 4) is 0 Å². The molecule has 0 aromatic heterocycles. The van der Waals surface area contributed by atoms with E-state index in [0.717, 1.165) is 15.6 Å². The van der Waals surface area contributed by atoms with E-state index in [2.05, 4.69) is 21.2 Å². The monoisotopic (exact) mass is 472 g/mol. The molecule has 1 aliphatic heterocycles. The summed E-state index contributed by atoms with van der Waals surface area (Å²) >= 11 is 9.60. The Balaban J connectivity index is 1.93. The summed E-state index contributed by atoms with van der Waals surface area (Å²) in [4.78, 5) is 27.4. The first-order valence-electron chi connectivity index (χ1n) is 8.85. The van der Waals surface area contributed by atoms with Crippen LogP contribution in [0.1, 0.15) is 27.5 Å². The lowest BCUT2D eigenvalue weighted by molar-refractivity contribution is -0.117. The topological polar surface area (TPSA) is 49.4 Å². The third-order valence-electron chi connectivity index (χ3n) is 4.76. The largest absolute Gasteiger partial charge is 0.324 e. The highest BCUT2D eigenvalue weighted by Gasteiger charge is 2.35. The van der Waals surface area contributed by atoms with Gasteiger partial charge in [-0.3, -0.25) is 9.59 Å². The van der Waals surface area contributed by atoms with Crippen LogP contribution in [0.3, 0.4) is 0 Å². The number of fused-ring (bicyclic) bond motifs is 1. The van der Waals surface area contributed by atoms with Crippen molar-refractivity contribution in [2.24, 2.45) is 0 Å². The van der Waals surface area contributed by atoms with E-state index in [1.807, 2.05) is 42.5 Å². The SMILES string of the molecule is O=C1CN(C(=O)c2c(F)cccc2Cl)[C@@H](c2ccccc2)c2cc(Br)ccc2N1. The van der Waals surface area contributed by atoms with E-state index in [1.165, 1.54) is 23.1 Å². The van der Waals surface area contributed by atoms with E-state index >= 15 is 0 Å². The molecule has 0 bridgehead atoms. The molecule has 0 radical (unpaired) electrons. The van der Waals surface area contributed by atoms with Gasteiger partial charge in [-0.1, -0.05) is 63.9 Å². The predicted molar refractivity (Wildman–Crippen MR) is 114 cm³/mol. The number of nitrogens with zero attached hydrogens (tertiary/aromatic N) is 1. The van der Waals surface area contributed by atoms with Crippen LogP contribution in [0.25, 0.3) is 0 Å². The maximum absolute atomic E-state index is 14.5. The van der Waals surface area contributed by atoms with Gasteiger partial charge in [0.05, 0.1) is 16.6 Å². The Kier molecular flexibility index (Phi) is 5.39. The first-order chi connectivity index (χ1) is 14.0. The fourth-order valence-electron chi connectivity index (χ4n) is 3.51. The molecule has 0 fully saturated rings. The number of carbonyl (C=O) groups excluding carboxylic acids is 2. The van der Waals surface area contributed by atoms with Crippen molar-refractivity contribution in [2.75, 3.05) is 11.9 Å². The number of carbonyl (C=O) groups is 2. The van der Waals surface area contributed by atoms with Crippen molar-refractivity contribution < 1.29 is 14.0 Å². The summed E-state index contributed by atoms with van der Waals surface area (Å²) < 4.78 is 15.3. The summed E-state index contributed by atoms with van der Waals surface area (Å²) in [7, 11) is 0. The Morgan fingerprint density at radius 3 is 2.59 bits per heavy atom. The molecule has 0 saturated carbocycles. The molecule has 0 saturated heterocycles. The predicted octanol–water partition coefficient (Wildman–Crippen LogP) is 5.43. The zero-order valence-electron chi connectivity index (χ0n) is 15.0. The number of halogens is 3. The van der Waals surface area contributed by atoms with Crippen LogP contribution >= 0.6 is 27.5 Å². The summed E-state index contributed by atoms with van der Waals surface area (Å²) in [6.07, 6.45) is 0. The van der Waals surface area contributed by atoms with Crippen LogP contribution in [-0.4, -0.2) is 23.3 Å². The van der Waals surface area contributed by atoms with Gasteiger partial charge in [0.1, 0.15) is 12.4 Å². The Hall–Kier alpha value is -2.70. The van der Waals surface area contributed by atoms with Gasteiger partial charge in [0.25, 0.3) is 5.91 Å². The molecule has 1 aliphatic rings. The van der Waals surface area contributed by atoms with Gasteiger partial charge in [0.15, 0.2) is 0 Å². The number of hydrogen-bond acceptors (Lipinski definition) is 2. The minimum absolute atomic E-state index is 0.000863. The Bertz CT molecular complexity index is 1090. The lowest BCUT2D eigenvalue weighted by atomic mass is 9.95. The van der Waals surface area contributed by atoms with Gasteiger partial charge in [-0.2, -0.15) is 0 Å². The van der Waals surface area contributed by atoms with Crippen molar-refractivity contribution in [3.63, 3.8) is 0 Å². The summed E-state index contributed by atoms with van der Waals surface area (Å²) in [5, 5.41) is 2.84. The number of rotatable bonds is 2. The quantitative estimate of drug-likeness (QED) is 0.540. The van der Waals surface area contributed by atoms with Gasteiger partial charge in [0.2, 0.25) is 5.91 Å². The molecule has 146 valence electrons. The normalized spacial score (nSPS) is 16.0. The molecule has 0 aliphatic carbocycles. The summed E-state index contributed by atoms with van der Waals surface area (Å²) in [6.45, 7) is -0.241. The fraction of sp³-hybridized carbons (Fsp3) is 0.0909. The number of nitrogens with one attached hydrogen (secondary N) is 1.